The number of benzene rings is 2. The first-order valence-corrected chi connectivity index (χ1v) is 5.83. The van der Waals surface area contributed by atoms with Crippen LogP contribution in [0.2, 0.25) is 0 Å². The van der Waals surface area contributed by atoms with Crippen LogP contribution < -0.4 is 4.74 Å². The molecule has 3 rings (SSSR count). The molecule has 0 saturated heterocycles. The molecule has 0 amide bonds. The van der Waals surface area contributed by atoms with Crippen molar-refractivity contribution in [1.82, 2.24) is 15.0 Å². The first-order valence-electron chi connectivity index (χ1n) is 5.83. The van der Waals surface area contributed by atoms with Gasteiger partial charge in [-0.05, 0) is 36.4 Å². The normalized spacial score (nSPS) is 10.6. The Morgan fingerprint density at radius 1 is 1.00 bits per heavy atom. The lowest BCUT2D eigenvalue weighted by molar-refractivity contribution is -0.131. The molecule has 5 heteroatoms. The maximum atomic E-state index is 10.8. The summed E-state index contributed by atoms with van der Waals surface area (Å²) >= 11 is 0. The molecule has 19 heavy (non-hydrogen) atoms. The molecule has 5 nitrogen and oxygen atoms in total. The van der Waals surface area contributed by atoms with Crippen LogP contribution in [0.15, 0.2) is 48.5 Å². The Labute approximate surface area is 109 Å². The number of hydrogen-bond donors (Lipinski definition) is 0. The fourth-order valence-corrected chi connectivity index (χ4v) is 1.79. The molecule has 0 saturated carbocycles. The molecular weight excluding hydrogens is 242 g/mol. The number of ether oxygens (including phenoxy) is 1. The summed E-state index contributed by atoms with van der Waals surface area (Å²) in [5, 5.41) is 8.74. The molecule has 0 atom stereocenters. The van der Waals surface area contributed by atoms with Crippen LogP contribution in [-0.4, -0.2) is 21.0 Å². The van der Waals surface area contributed by atoms with E-state index in [0.29, 0.717) is 5.75 Å². The molecule has 0 unspecified atom stereocenters. The van der Waals surface area contributed by atoms with E-state index in [4.69, 9.17) is 4.74 Å². The summed E-state index contributed by atoms with van der Waals surface area (Å²) in [6.07, 6.45) is 0. The zero-order valence-corrected chi connectivity index (χ0v) is 10.3. The van der Waals surface area contributed by atoms with Crippen LogP contribution in [0.4, 0.5) is 0 Å². The number of nitrogens with zero attached hydrogens (tertiary/aromatic N) is 3. The number of hydrogen-bond acceptors (Lipinski definition) is 4. The Bertz CT molecular complexity index is 699. The van der Waals surface area contributed by atoms with Gasteiger partial charge in [-0.3, -0.25) is 4.79 Å². The molecule has 0 aliphatic carbocycles. The number of carbonyl (C=O) groups is 1. The minimum absolute atomic E-state index is 0.337. The summed E-state index contributed by atoms with van der Waals surface area (Å²) in [5.74, 6) is 0.170. The quantitative estimate of drug-likeness (QED) is 0.519. The van der Waals surface area contributed by atoms with E-state index in [-0.39, 0.29) is 5.97 Å². The summed E-state index contributed by atoms with van der Waals surface area (Å²) < 4.78 is 4.98. The standard InChI is InChI=1S/C14H11N3O2/c1-10(18)19-12-8-6-11(7-9-12)17-15-13-4-2-3-5-14(13)16-17/h2-9H,1H3. The lowest BCUT2D eigenvalue weighted by Gasteiger charge is -2.02. The third-order valence-electron chi connectivity index (χ3n) is 2.62. The second-order valence-corrected chi connectivity index (χ2v) is 4.07. The summed E-state index contributed by atoms with van der Waals surface area (Å²) in [7, 11) is 0. The number of aromatic nitrogens is 3. The van der Waals surface area contributed by atoms with Crippen molar-refractivity contribution >= 4 is 17.0 Å². The predicted octanol–water partition coefficient (Wildman–Crippen LogP) is 2.35. The van der Waals surface area contributed by atoms with Crippen LogP contribution in [0.3, 0.4) is 0 Å². The Morgan fingerprint density at radius 2 is 1.58 bits per heavy atom. The van der Waals surface area contributed by atoms with Crippen LogP contribution in [0.25, 0.3) is 16.7 Å². The number of esters is 1. The topological polar surface area (TPSA) is 57.0 Å². The Morgan fingerprint density at radius 3 is 2.11 bits per heavy atom. The second kappa shape index (κ2) is 4.53. The summed E-state index contributed by atoms with van der Waals surface area (Å²) in [4.78, 5) is 12.4. The molecule has 2 aromatic carbocycles. The molecule has 94 valence electrons. The van der Waals surface area contributed by atoms with Crippen LogP contribution in [0.1, 0.15) is 6.92 Å². The summed E-state index contributed by atoms with van der Waals surface area (Å²) in [6, 6.07) is 14.7. The van der Waals surface area contributed by atoms with Gasteiger partial charge in [-0.25, -0.2) is 0 Å². The van der Waals surface area contributed by atoms with E-state index in [1.807, 2.05) is 24.3 Å². The molecule has 0 aliphatic heterocycles. The SMILES string of the molecule is CC(=O)Oc1ccc(-n2nc3ccccc3n2)cc1. The molecule has 0 bridgehead atoms. The van der Waals surface area contributed by atoms with Crippen molar-refractivity contribution in [2.24, 2.45) is 0 Å². The average molecular weight is 253 g/mol. The fraction of sp³-hybridized carbons (Fsp3) is 0.0714. The van der Waals surface area contributed by atoms with E-state index in [2.05, 4.69) is 10.2 Å². The van der Waals surface area contributed by atoms with Gasteiger partial charge in [0.1, 0.15) is 16.8 Å². The van der Waals surface area contributed by atoms with Gasteiger partial charge in [-0.1, -0.05) is 12.1 Å². The Balaban J connectivity index is 1.95. The van der Waals surface area contributed by atoms with Gasteiger partial charge in [0.2, 0.25) is 0 Å². The zero-order chi connectivity index (χ0) is 13.2. The van der Waals surface area contributed by atoms with Crippen molar-refractivity contribution in [3.63, 3.8) is 0 Å². The molecular formula is C14H11N3O2. The Hall–Kier alpha value is -2.69. The highest BCUT2D eigenvalue weighted by molar-refractivity contribution is 5.73. The van der Waals surface area contributed by atoms with E-state index in [1.54, 1.807) is 29.1 Å². The molecule has 0 spiro atoms. The first kappa shape index (κ1) is 11.4. The van der Waals surface area contributed by atoms with Gasteiger partial charge in [0.05, 0.1) is 5.69 Å². The van der Waals surface area contributed by atoms with E-state index in [0.717, 1.165) is 16.7 Å². The third-order valence-corrected chi connectivity index (χ3v) is 2.62. The molecule has 0 N–H and O–H groups in total. The van der Waals surface area contributed by atoms with Crippen LogP contribution in [0, 0.1) is 0 Å². The number of carbonyl (C=O) groups excluding carboxylic acids is 1. The van der Waals surface area contributed by atoms with Gasteiger partial charge in [0.25, 0.3) is 0 Å². The van der Waals surface area contributed by atoms with Crippen molar-refractivity contribution in [1.29, 1.82) is 0 Å². The molecule has 0 radical (unpaired) electrons. The highest BCUT2D eigenvalue weighted by atomic mass is 16.5. The van der Waals surface area contributed by atoms with E-state index in [1.165, 1.54) is 6.92 Å². The highest BCUT2D eigenvalue weighted by Crippen LogP contribution is 2.16. The molecule has 1 aromatic heterocycles. The summed E-state index contributed by atoms with van der Waals surface area (Å²) in [6.45, 7) is 1.37. The maximum absolute atomic E-state index is 10.8. The average Bonchev–Trinajstić information content (AvgIpc) is 2.82. The maximum Gasteiger partial charge on any atom is 0.308 e. The zero-order valence-electron chi connectivity index (χ0n) is 10.3. The van der Waals surface area contributed by atoms with E-state index < -0.39 is 0 Å². The van der Waals surface area contributed by atoms with Gasteiger partial charge in [-0.2, -0.15) is 4.80 Å². The number of rotatable bonds is 2. The van der Waals surface area contributed by atoms with Gasteiger partial charge in [0, 0.05) is 6.92 Å². The van der Waals surface area contributed by atoms with Gasteiger partial charge < -0.3 is 4.74 Å². The second-order valence-electron chi connectivity index (χ2n) is 4.07. The lowest BCUT2D eigenvalue weighted by atomic mass is 10.3. The molecule has 0 fully saturated rings. The molecule has 3 aromatic rings. The van der Waals surface area contributed by atoms with E-state index in [9.17, 15) is 4.79 Å². The van der Waals surface area contributed by atoms with Crippen molar-refractivity contribution in [2.45, 2.75) is 6.92 Å². The fourth-order valence-electron chi connectivity index (χ4n) is 1.79. The van der Waals surface area contributed by atoms with Crippen molar-refractivity contribution in [3.05, 3.63) is 48.5 Å². The summed E-state index contributed by atoms with van der Waals surface area (Å²) in [5.41, 5.74) is 2.49. The highest BCUT2D eigenvalue weighted by Gasteiger charge is 2.04. The van der Waals surface area contributed by atoms with Crippen LogP contribution >= 0.6 is 0 Å². The van der Waals surface area contributed by atoms with Crippen molar-refractivity contribution < 1.29 is 9.53 Å². The predicted molar refractivity (Wildman–Crippen MR) is 70.2 cm³/mol. The minimum Gasteiger partial charge on any atom is -0.427 e. The van der Waals surface area contributed by atoms with Gasteiger partial charge >= 0.3 is 5.97 Å². The van der Waals surface area contributed by atoms with Gasteiger partial charge in [-0.15, -0.1) is 10.2 Å². The lowest BCUT2D eigenvalue weighted by Crippen LogP contribution is -2.02. The minimum atomic E-state index is -0.337. The first-order chi connectivity index (χ1) is 9.22. The van der Waals surface area contributed by atoms with Crippen LogP contribution in [-0.2, 0) is 4.79 Å². The molecule has 0 aliphatic rings. The van der Waals surface area contributed by atoms with E-state index >= 15 is 0 Å². The van der Waals surface area contributed by atoms with Gasteiger partial charge in [0.15, 0.2) is 0 Å². The number of fused-ring (bicyclic) bond motifs is 1. The largest absolute Gasteiger partial charge is 0.427 e. The van der Waals surface area contributed by atoms with Crippen LogP contribution in [0.5, 0.6) is 5.75 Å². The monoisotopic (exact) mass is 253 g/mol. The van der Waals surface area contributed by atoms with Crippen molar-refractivity contribution in [2.75, 3.05) is 0 Å². The smallest absolute Gasteiger partial charge is 0.308 e. The van der Waals surface area contributed by atoms with Crippen molar-refractivity contribution in [3.8, 4) is 11.4 Å². The molecule has 1 heterocycles. The third kappa shape index (κ3) is 2.30. The Kier molecular flexibility index (Phi) is 2.72.